The summed E-state index contributed by atoms with van der Waals surface area (Å²) in [5.74, 6) is 0. The lowest BCUT2D eigenvalue weighted by molar-refractivity contribution is 0.748. The molecule has 0 aliphatic rings. The van der Waals surface area contributed by atoms with Crippen LogP contribution in [-0.2, 0) is 0 Å². The Kier molecular flexibility index (Phi) is 7.36. The van der Waals surface area contributed by atoms with E-state index >= 15 is 0 Å². The molecule has 0 heterocycles. The molecule has 0 aliphatic carbocycles. The van der Waals surface area contributed by atoms with Crippen LogP contribution in [0.25, 0.3) is 0 Å². The van der Waals surface area contributed by atoms with E-state index in [1.54, 1.807) is 0 Å². The lowest BCUT2D eigenvalue weighted by Crippen LogP contribution is -2.21. The average molecular weight is 254 g/mol. The first-order valence-electron chi connectivity index (χ1n) is 5.70. The van der Waals surface area contributed by atoms with Crippen LogP contribution in [0.5, 0.6) is 0 Å². The van der Waals surface area contributed by atoms with Gasteiger partial charge in [-0.05, 0) is 31.5 Å². The molecule has 94 valence electrons. The van der Waals surface area contributed by atoms with Crippen LogP contribution in [0.15, 0.2) is 24.3 Å². The summed E-state index contributed by atoms with van der Waals surface area (Å²) in [6.45, 7) is 6.28. The smallest absolute Gasteiger partial charge is 0.0641 e. The lowest BCUT2D eigenvalue weighted by atomic mass is 10.0. The molecule has 4 heteroatoms. The summed E-state index contributed by atoms with van der Waals surface area (Å²) in [7, 11) is 0. The molecule has 0 fully saturated rings. The van der Waals surface area contributed by atoms with E-state index in [-0.39, 0.29) is 18.4 Å². The predicted octanol–water partition coefficient (Wildman–Crippen LogP) is 2.87. The number of nitrogens with zero attached hydrogens (tertiary/aromatic N) is 2. The van der Waals surface area contributed by atoms with E-state index in [1.807, 2.05) is 12.1 Å². The molecule has 0 unspecified atom stereocenters. The minimum Gasteiger partial charge on any atom is -0.372 e. The second-order valence-corrected chi connectivity index (χ2v) is 3.73. The van der Waals surface area contributed by atoms with Crippen molar-refractivity contribution in [1.29, 1.82) is 5.26 Å². The second-order valence-electron chi connectivity index (χ2n) is 3.73. The van der Waals surface area contributed by atoms with Crippen LogP contribution in [0.1, 0.15) is 31.9 Å². The van der Waals surface area contributed by atoms with Gasteiger partial charge in [0.25, 0.3) is 0 Å². The number of nitrogens with two attached hydrogens (primary N) is 1. The summed E-state index contributed by atoms with van der Waals surface area (Å²) >= 11 is 0. The first kappa shape index (κ1) is 15.8. The Morgan fingerprint density at radius 2 is 1.76 bits per heavy atom. The monoisotopic (exact) mass is 253 g/mol. The summed E-state index contributed by atoms with van der Waals surface area (Å²) in [5, 5.41) is 8.58. The summed E-state index contributed by atoms with van der Waals surface area (Å²) < 4.78 is 0. The number of hydrogen-bond donors (Lipinski definition) is 1. The number of benzene rings is 1. The third-order valence-corrected chi connectivity index (χ3v) is 2.76. The van der Waals surface area contributed by atoms with Crippen molar-refractivity contribution in [3.63, 3.8) is 0 Å². The first-order chi connectivity index (χ1) is 7.72. The van der Waals surface area contributed by atoms with Crippen molar-refractivity contribution in [3.05, 3.63) is 29.8 Å². The molecule has 1 rings (SSSR count). The molecule has 1 aromatic carbocycles. The highest BCUT2D eigenvalue weighted by molar-refractivity contribution is 5.85. The van der Waals surface area contributed by atoms with Crippen LogP contribution in [0.2, 0.25) is 0 Å². The van der Waals surface area contributed by atoms with Gasteiger partial charge in [-0.15, -0.1) is 12.4 Å². The Balaban J connectivity index is 0.00000256. The quantitative estimate of drug-likeness (QED) is 0.878. The largest absolute Gasteiger partial charge is 0.372 e. The second kappa shape index (κ2) is 7.94. The van der Waals surface area contributed by atoms with Crippen molar-refractivity contribution in [2.24, 2.45) is 5.73 Å². The fourth-order valence-corrected chi connectivity index (χ4v) is 1.74. The van der Waals surface area contributed by atoms with Gasteiger partial charge >= 0.3 is 0 Å². The van der Waals surface area contributed by atoms with Crippen LogP contribution in [0.4, 0.5) is 5.69 Å². The Hall–Kier alpha value is -1.24. The summed E-state index contributed by atoms with van der Waals surface area (Å²) in [4.78, 5) is 2.28. The van der Waals surface area contributed by atoms with Crippen molar-refractivity contribution in [1.82, 2.24) is 0 Å². The average Bonchev–Trinajstić information content (AvgIpc) is 2.32. The normalized spacial score (nSPS) is 11.2. The Labute approximate surface area is 110 Å². The van der Waals surface area contributed by atoms with Crippen molar-refractivity contribution in [2.45, 2.75) is 26.3 Å². The highest BCUT2D eigenvalue weighted by Crippen LogP contribution is 2.19. The minimum absolute atomic E-state index is 0. The van der Waals surface area contributed by atoms with Gasteiger partial charge in [-0.25, -0.2) is 0 Å². The van der Waals surface area contributed by atoms with Crippen molar-refractivity contribution in [3.8, 4) is 6.07 Å². The molecule has 0 aromatic heterocycles. The fourth-order valence-electron chi connectivity index (χ4n) is 1.74. The molecule has 0 saturated heterocycles. The van der Waals surface area contributed by atoms with Crippen LogP contribution in [-0.4, -0.2) is 13.1 Å². The van der Waals surface area contributed by atoms with Crippen molar-refractivity contribution in [2.75, 3.05) is 18.0 Å². The van der Waals surface area contributed by atoms with E-state index in [0.29, 0.717) is 6.42 Å². The molecule has 0 saturated carbocycles. The zero-order valence-electron chi connectivity index (χ0n) is 10.4. The number of nitriles is 1. The van der Waals surface area contributed by atoms with Gasteiger partial charge in [-0.1, -0.05) is 12.1 Å². The van der Waals surface area contributed by atoms with Gasteiger partial charge in [-0.2, -0.15) is 5.26 Å². The summed E-state index contributed by atoms with van der Waals surface area (Å²) in [5.41, 5.74) is 8.09. The molecule has 0 bridgehead atoms. The van der Waals surface area contributed by atoms with E-state index < -0.39 is 0 Å². The molecule has 3 nitrogen and oxygen atoms in total. The Morgan fingerprint density at radius 3 is 2.18 bits per heavy atom. The number of hydrogen-bond acceptors (Lipinski definition) is 3. The van der Waals surface area contributed by atoms with Gasteiger partial charge in [0.05, 0.1) is 12.5 Å². The highest BCUT2D eigenvalue weighted by Gasteiger charge is 2.06. The van der Waals surface area contributed by atoms with Gasteiger partial charge in [0, 0.05) is 24.8 Å². The standard InChI is InChI=1S/C13H19N3.ClH/c1-3-16(4-2)12-7-5-11(6-8-12)13(15)9-10-14;/h5-8,13H,3-4,9,15H2,1-2H3;1H/t13-;/m1./s1. The first-order valence-corrected chi connectivity index (χ1v) is 5.70. The maximum atomic E-state index is 8.58. The zero-order valence-corrected chi connectivity index (χ0v) is 11.2. The minimum atomic E-state index is -0.171. The van der Waals surface area contributed by atoms with Crippen LogP contribution in [0, 0.1) is 11.3 Å². The number of anilines is 1. The van der Waals surface area contributed by atoms with Gasteiger partial charge in [0.2, 0.25) is 0 Å². The van der Waals surface area contributed by atoms with Crippen molar-refractivity contribution < 1.29 is 0 Å². The third-order valence-electron chi connectivity index (χ3n) is 2.76. The van der Waals surface area contributed by atoms with Crippen molar-refractivity contribution >= 4 is 18.1 Å². The Bertz CT molecular complexity index is 352. The van der Waals surface area contributed by atoms with Crippen LogP contribution < -0.4 is 10.6 Å². The molecule has 2 N–H and O–H groups in total. The molecule has 1 atom stereocenters. The molecule has 0 aliphatic heterocycles. The molecule has 17 heavy (non-hydrogen) atoms. The maximum absolute atomic E-state index is 8.58. The molecular weight excluding hydrogens is 234 g/mol. The molecule has 1 aromatic rings. The maximum Gasteiger partial charge on any atom is 0.0641 e. The molecule has 0 radical (unpaired) electrons. The summed E-state index contributed by atoms with van der Waals surface area (Å²) in [6, 6.07) is 10.1. The Morgan fingerprint density at radius 1 is 1.24 bits per heavy atom. The number of halogens is 1. The lowest BCUT2D eigenvalue weighted by Gasteiger charge is -2.21. The molecule has 0 spiro atoms. The third kappa shape index (κ3) is 4.26. The molecular formula is C13H20ClN3. The topological polar surface area (TPSA) is 53.0 Å². The van der Waals surface area contributed by atoms with Crippen LogP contribution in [0.3, 0.4) is 0 Å². The van der Waals surface area contributed by atoms with Gasteiger partial charge in [0.1, 0.15) is 0 Å². The summed E-state index contributed by atoms with van der Waals surface area (Å²) in [6.07, 6.45) is 0.366. The highest BCUT2D eigenvalue weighted by atomic mass is 35.5. The van der Waals surface area contributed by atoms with E-state index in [0.717, 1.165) is 18.7 Å². The van der Waals surface area contributed by atoms with E-state index in [9.17, 15) is 0 Å². The van der Waals surface area contributed by atoms with Crippen LogP contribution >= 0.6 is 12.4 Å². The SMILES string of the molecule is CCN(CC)c1ccc([C@H](N)CC#N)cc1.Cl. The van der Waals surface area contributed by atoms with Gasteiger partial charge in [-0.3, -0.25) is 0 Å². The van der Waals surface area contributed by atoms with Gasteiger partial charge < -0.3 is 10.6 Å². The molecule has 0 amide bonds. The fraction of sp³-hybridized carbons (Fsp3) is 0.462. The predicted molar refractivity (Wildman–Crippen MR) is 74.4 cm³/mol. The number of rotatable bonds is 5. The van der Waals surface area contributed by atoms with Gasteiger partial charge in [0.15, 0.2) is 0 Å². The van der Waals surface area contributed by atoms with E-state index in [4.69, 9.17) is 11.0 Å². The van der Waals surface area contributed by atoms with E-state index in [2.05, 4.69) is 36.9 Å². The zero-order chi connectivity index (χ0) is 12.0. The van der Waals surface area contributed by atoms with E-state index in [1.165, 1.54) is 5.69 Å².